The van der Waals surface area contributed by atoms with Gasteiger partial charge in [-0.05, 0) is 51.2 Å². The number of anilines is 1. The summed E-state index contributed by atoms with van der Waals surface area (Å²) in [6.07, 6.45) is 0. The number of nitrogens with zero attached hydrogens (tertiary/aromatic N) is 2. The lowest BCUT2D eigenvalue weighted by molar-refractivity contribution is 0.409. The van der Waals surface area contributed by atoms with Crippen LogP contribution in [0.3, 0.4) is 0 Å². The third-order valence-corrected chi connectivity index (χ3v) is 3.67. The molecule has 0 radical (unpaired) electrons. The first-order valence-corrected chi connectivity index (χ1v) is 8.17. The smallest absolute Gasteiger partial charge is 0.0366 e. The van der Waals surface area contributed by atoms with Crippen molar-refractivity contribution in [3.8, 4) is 0 Å². The predicted molar refractivity (Wildman–Crippen MR) is 94.1 cm³/mol. The molecule has 1 unspecified atom stereocenters. The van der Waals surface area contributed by atoms with E-state index in [1.807, 2.05) is 0 Å². The van der Waals surface area contributed by atoms with Crippen LogP contribution < -0.4 is 10.2 Å². The lowest BCUT2D eigenvalue weighted by Crippen LogP contribution is -2.34. The average molecular weight is 291 g/mol. The van der Waals surface area contributed by atoms with Gasteiger partial charge in [0.2, 0.25) is 0 Å². The zero-order valence-corrected chi connectivity index (χ0v) is 14.7. The maximum Gasteiger partial charge on any atom is 0.0366 e. The van der Waals surface area contributed by atoms with E-state index in [2.05, 4.69) is 81.2 Å². The van der Waals surface area contributed by atoms with Crippen molar-refractivity contribution in [3.63, 3.8) is 0 Å². The molecule has 1 aromatic carbocycles. The quantitative estimate of drug-likeness (QED) is 0.752. The van der Waals surface area contributed by atoms with Crippen molar-refractivity contribution < 1.29 is 0 Å². The zero-order valence-electron chi connectivity index (χ0n) is 14.7. The van der Waals surface area contributed by atoms with Crippen LogP contribution in [0.15, 0.2) is 24.3 Å². The van der Waals surface area contributed by atoms with Crippen molar-refractivity contribution in [2.75, 3.05) is 45.2 Å². The summed E-state index contributed by atoms with van der Waals surface area (Å²) >= 11 is 0. The SMILES string of the molecule is CCNC(C)c1ccc(N(CCN(C)C)CC(C)C)cc1. The summed E-state index contributed by atoms with van der Waals surface area (Å²) < 4.78 is 0. The fraction of sp³-hybridized carbons (Fsp3) is 0.667. The van der Waals surface area contributed by atoms with E-state index in [1.165, 1.54) is 11.3 Å². The third-order valence-electron chi connectivity index (χ3n) is 3.67. The summed E-state index contributed by atoms with van der Waals surface area (Å²) in [5.41, 5.74) is 2.69. The van der Waals surface area contributed by atoms with Gasteiger partial charge in [0, 0.05) is 31.4 Å². The number of rotatable bonds is 9. The molecule has 0 amide bonds. The average Bonchev–Trinajstić information content (AvgIpc) is 2.43. The van der Waals surface area contributed by atoms with Crippen molar-refractivity contribution in [2.45, 2.75) is 33.7 Å². The van der Waals surface area contributed by atoms with E-state index in [1.54, 1.807) is 0 Å². The Kier molecular flexibility index (Phi) is 7.76. The highest BCUT2D eigenvalue weighted by Crippen LogP contribution is 2.20. The fourth-order valence-electron chi connectivity index (χ4n) is 2.49. The fourth-order valence-corrected chi connectivity index (χ4v) is 2.49. The van der Waals surface area contributed by atoms with Crippen molar-refractivity contribution >= 4 is 5.69 Å². The monoisotopic (exact) mass is 291 g/mol. The molecule has 0 aliphatic heterocycles. The molecule has 0 saturated carbocycles. The number of hydrogen-bond donors (Lipinski definition) is 1. The summed E-state index contributed by atoms with van der Waals surface area (Å²) in [4.78, 5) is 4.74. The Balaban J connectivity index is 2.77. The second-order valence-corrected chi connectivity index (χ2v) is 6.51. The van der Waals surface area contributed by atoms with Gasteiger partial charge in [0.25, 0.3) is 0 Å². The van der Waals surface area contributed by atoms with Gasteiger partial charge in [0.15, 0.2) is 0 Å². The van der Waals surface area contributed by atoms with Crippen molar-refractivity contribution in [1.29, 1.82) is 0 Å². The first-order chi connectivity index (χ1) is 9.93. The molecule has 0 fully saturated rings. The van der Waals surface area contributed by atoms with Gasteiger partial charge in [-0.15, -0.1) is 0 Å². The van der Waals surface area contributed by atoms with E-state index in [-0.39, 0.29) is 0 Å². The van der Waals surface area contributed by atoms with Crippen molar-refractivity contribution in [3.05, 3.63) is 29.8 Å². The highest BCUT2D eigenvalue weighted by atomic mass is 15.2. The van der Waals surface area contributed by atoms with E-state index in [0.29, 0.717) is 12.0 Å². The third kappa shape index (κ3) is 6.49. The Hall–Kier alpha value is -1.06. The minimum atomic E-state index is 0.421. The van der Waals surface area contributed by atoms with E-state index in [4.69, 9.17) is 0 Å². The van der Waals surface area contributed by atoms with Crippen LogP contribution in [-0.2, 0) is 0 Å². The Morgan fingerprint density at radius 2 is 1.62 bits per heavy atom. The molecule has 21 heavy (non-hydrogen) atoms. The Morgan fingerprint density at radius 3 is 2.10 bits per heavy atom. The second kappa shape index (κ2) is 9.06. The van der Waals surface area contributed by atoms with Gasteiger partial charge in [-0.25, -0.2) is 0 Å². The van der Waals surface area contributed by atoms with Crippen LogP contribution >= 0.6 is 0 Å². The lowest BCUT2D eigenvalue weighted by atomic mass is 10.1. The maximum absolute atomic E-state index is 3.46. The first-order valence-electron chi connectivity index (χ1n) is 8.17. The summed E-state index contributed by atoms with van der Waals surface area (Å²) in [6.45, 7) is 13.2. The molecule has 120 valence electrons. The van der Waals surface area contributed by atoms with Crippen LogP contribution in [0.1, 0.15) is 39.3 Å². The molecule has 0 saturated heterocycles. The maximum atomic E-state index is 3.46. The van der Waals surface area contributed by atoms with Gasteiger partial charge < -0.3 is 15.1 Å². The molecule has 0 aliphatic carbocycles. The van der Waals surface area contributed by atoms with Gasteiger partial charge >= 0.3 is 0 Å². The van der Waals surface area contributed by atoms with Crippen LogP contribution in [0.4, 0.5) is 5.69 Å². The molecule has 1 atom stereocenters. The summed E-state index contributed by atoms with van der Waals surface area (Å²) in [5.74, 6) is 0.674. The van der Waals surface area contributed by atoms with E-state index in [0.717, 1.165) is 26.2 Å². The largest absolute Gasteiger partial charge is 0.370 e. The van der Waals surface area contributed by atoms with Crippen LogP contribution in [0.5, 0.6) is 0 Å². The molecule has 1 rings (SSSR count). The van der Waals surface area contributed by atoms with E-state index < -0.39 is 0 Å². The molecule has 1 aromatic rings. The predicted octanol–water partition coefficient (Wildman–Crippen LogP) is 3.38. The van der Waals surface area contributed by atoms with Crippen molar-refractivity contribution in [1.82, 2.24) is 10.2 Å². The minimum Gasteiger partial charge on any atom is -0.370 e. The summed E-state index contributed by atoms with van der Waals surface area (Å²) in [5, 5.41) is 3.46. The minimum absolute atomic E-state index is 0.421. The molecule has 0 bridgehead atoms. The first kappa shape index (κ1) is 18.0. The van der Waals surface area contributed by atoms with Crippen LogP contribution in [0.2, 0.25) is 0 Å². The normalized spacial score (nSPS) is 13.0. The number of likely N-dealkylation sites (N-methyl/N-ethyl adjacent to an activating group) is 1. The number of benzene rings is 1. The standard InChI is InChI=1S/C18H33N3/c1-7-19-16(4)17-8-10-18(11-9-17)21(14-15(2)3)13-12-20(5)6/h8-11,15-16,19H,7,12-14H2,1-6H3. The lowest BCUT2D eigenvalue weighted by Gasteiger charge is -2.28. The van der Waals surface area contributed by atoms with Crippen LogP contribution in [0, 0.1) is 5.92 Å². The molecule has 0 aromatic heterocycles. The molecule has 3 nitrogen and oxygen atoms in total. The van der Waals surface area contributed by atoms with E-state index in [9.17, 15) is 0 Å². The van der Waals surface area contributed by atoms with Gasteiger partial charge in [0.1, 0.15) is 0 Å². The highest BCUT2D eigenvalue weighted by Gasteiger charge is 2.10. The number of nitrogens with one attached hydrogen (secondary N) is 1. The summed E-state index contributed by atoms with van der Waals surface area (Å²) in [6, 6.07) is 9.46. The zero-order chi connectivity index (χ0) is 15.8. The highest BCUT2D eigenvalue weighted by molar-refractivity contribution is 5.48. The van der Waals surface area contributed by atoms with Crippen molar-refractivity contribution in [2.24, 2.45) is 5.92 Å². The van der Waals surface area contributed by atoms with Crippen LogP contribution in [-0.4, -0.2) is 45.2 Å². The topological polar surface area (TPSA) is 18.5 Å². The van der Waals surface area contributed by atoms with Gasteiger partial charge in [0.05, 0.1) is 0 Å². The van der Waals surface area contributed by atoms with Gasteiger partial charge in [-0.2, -0.15) is 0 Å². The molecule has 0 aliphatic rings. The Bertz CT molecular complexity index is 384. The van der Waals surface area contributed by atoms with Gasteiger partial charge in [-0.1, -0.05) is 32.9 Å². The van der Waals surface area contributed by atoms with Crippen LogP contribution in [0.25, 0.3) is 0 Å². The molecular weight excluding hydrogens is 258 g/mol. The molecule has 1 N–H and O–H groups in total. The Labute approximate surface area is 131 Å². The Morgan fingerprint density at radius 1 is 1.00 bits per heavy atom. The molecule has 0 spiro atoms. The number of hydrogen-bond acceptors (Lipinski definition) is 3. The molecule has 0 heterocycles. The molecule has 3 heteroatoms. The van der Waals surface area contributed by atoms with Gasteiger partial charge in [-0.3, -0.25) is 0 Å². The van der Waals surface area contributed by atoms with E-state index >= 15 is 0 Å². The second-order valence-electron chi connectivity index (χ2n) is 6.51. The molecular formula is C18H33N3. The summed E-state index contributed by atoms with van der Waals surface area (Å²) in [7, 11) is 4.27.